The van der Waals surface area contributed by atoms with Crippen molar-refractivity contribution in [1.29, 1.82) is 0 Å². The Morgan fingerprint density at radius 2 is 1.63 bits per heavy atom. The Bertz CT molecular complexity index is 431. The highest BCUT2D eigenvalue weighted by Gasteiger charge is 2.28. The molecular weight excluding hydrogens is 360 g/mol. The summed E-state index contributed by atoms with van der Waals surface area (Å²) in [6.07, 6.45) is 17.9. The zero-order chi connectivity index (χ0) is 24.6. The molecule has 178 valence electrons. The van der Waals surface area contributed by atoms with Crippen molar-refractivity contribution in [2.24, 2.45) is 17.3 Å². The van der Waals surface area contributed by atoms with Gasteiger partial charge in [-0.3, -0.25) is 0 Å². The second-order valence-electron chi connectivity index (χ2n) is 8.38. The van der Waals surface area contributed by atoms with E-state index in [1.165, 1.54) is 50.5 Å². The molecule has 1 atom stereocenters. The fourth-order valence-corrected chi connectivity index (χ4v) is 3.29. The summed E-state index contributed by atoms with van der Waals surface area (Å²) in [6.45, 7) is 35.2. The highest BCUT2D eigenvalue weighted by molar-refractivity contribution is 5.12. The fourth-order valence-electron chi connectivity index (χ4n) is 3.29. The smallest absolute Gasteiger partial charge is 0.0179 e. The molecule has 0 aromatic heterocycles. The minimum Gasteiger partial charge on any atom is -0.106 e. The van der Waals surface area contributed by atoms with Gasteiger partial charge in [-0.2, -0.15) is 0 Å². The lowest BCUT2D eigenvalue weighted by molar-refractivity contribution is 0.211. The Labute approximate surface area is 193 Å². The standard InChI is InChI=1S/C18H30.C6H12.2C2H6.C2H4/c1-6-8-16-9-7-14-18(4,5)17(13-11-16)12-10-15(2)3;1-4-5-6(2)3;3*1-2/h6,8,10,12,15,17H,1,7,9,11,13-14H2,2-5H3;2,4-5H2,1,3H3;2*1-2H3;1-2H2/b12-10?,16-8+;;;;. The van der Waals surface area contributed by atoms with Crippen LogP contribution in [0, 0.1) is 17.3 Å². The predicted octanol–water partition coefficient (Wildman–Crippen LogP) is 11.1. The first-order valence-corrected chi connectivity index (χ1v) is 12.4. The summed E-state index contributed by atoms with van der Waals surface area (Å²) in [5, 5.41) is 0. The van der Waals surface area contributed by atoms with Crippen molar-refractivity contribution in [3.05, 3.63) is 61.8 Å². The minimum absolute atomic E-state index is 0.450. The van der Waals surface area contributed by atoms with Gasteiger partial charge in [-0.1, -0.05) is 111 Å². The van der Waals surface area contributed by atoms with Gasteiger partial charge in [0.1, 0.15) is 0 Å². The predicted molar refractivity (Wildman–Crippen MR) is 146 cm³/mol. The third kappa shape index (κ3) is 23.0. The summed E-state index contributed by atoms with van der Waals surface area (Å²) < 4.78 is 0. The highest BCUT2D eigenvalue weighted by Crippen LogP contribution is 2.40. The zero-order valence-corrected chi connectivity index (χ0v) is 22.7. The number of hydrogen-bond acceptors (Lipinski definition) is 0. The molecule has 0 bridgehead atoms. The van der Waals surface area contributed by atoms with E-state index < -0.39 is 0 Å². The van der Waals surface area contributed by atoms with E-state index >= 15 is 0 Å². The van der Waals surface area contributed by atoms with Crippen molar-refractivity contribution in [3.63, 3.8) is 0 Å². The van der Waals surface area contributed by atoms with E-state index in [4.69, 9.17) is 0 Å². The van der Waals surface area contributed by atoms with Gasteiger partial charge in [-0.15, -0.1) is 19.7 Å². The van der Waals surface area contributed by atoms with Gasteiger partial charge in [-0.05, 0) is 62.7 Å². The maximum atomic E-state index is 3.83. The van der Waals surface area contributed by atoms with Crippen LogP contribution in [0.1, 0.15) is 114 Å². The Morgan fingerprint density at radius 1 is 1.10 bits per heavy atom. The highest BCUT2D eigenvalue weighted by atomic mass is 14.3. The van der Waals surface area contributed by atoms with Gasteiger partial charge in [0.2, 0.25) is 0 Å². The molecule has 1 fully saturated rings. The fraction of sp³-hybridized carbons (Fsp3) is 0.667. The van der Waals surface area contributed by atoms with Gasteiger partial charge in [0, 0.05) is 0 Å². The molecule has 30 heavy (non-hydrogen) atoms. The van der Waals surface area contributed by atoms with Crippen molar-refractivity contribution in [2.75, 3.05) is 0 Å². The molecule has 1 rings (SSSR count). The van der Waals surface area contributed by atoms with Crippen molar-refractivity contribution in [3.8, 4) is 0 Å². The lowest BCUT2D eigenvalue weighted by Gasteiger charge is -2.35. The molecule has 0 radical (unpaired) electrons. The zero-order valence-electron chi connectivity index (χ0n) is 22.7. The van der Waals surface area contributed by atoms with E-state index in [2.05, 4.69) is 86.1 Å². The average molecular weight is 419 g/mol. The summed E-state index contributed by atoms with van der Waals surface area (Å²) in [7, 11) is 0. The van der Waals surface area contributed by atoms with Crippen LogP contribution in [0.2, 0.25) is 0 Å². The van der Waals surface area contributed by atoms with Crippen LogP contribution >= 0.6 is 0 Å². The summed E-state index contributed by atoms with van der Waals surface area (Å²) >= 11 is 0. The van der Waals surface area contributed by atoms with Crippen molar-refractivity contribution >= 4 is 0 Å². The normalized spacial score (nSPS) is 18.6. The van der Waals surface area contributed by atoms with Crippen molar-refractivity contribution < 1.29 is 0 Å². The summed E-state index contributed by atoms with van der Waals surface area (Å²) in [5.74, 6) is 1.38. The molecule has 0 aliphatic heterocycles. The molecule has 1 aliphatic rings. The van der Waals surface area contributed by atoms with Crippen LogP contribution in [0.4, 0.5) is 0 Å². The first kappa shape index (κ1) is 36.1. The lowest BCUT2D eigenvalue weighted by atomic mass is 9.70. The first-order valence-electron chi connectivity index (χ1n) is 12.4. The summed E-state index contributed by atoms with van der Waals surface area (Å²) in [4.78, 5) is 0. The number of rotatable bonds is 5. The van der Waals surface area contributed by atoms with E-state index in [-0.39, 0.29) is 0 Å². The lowest BCUT2D eigenvalue weighted by Crippen LogP contribution is -2.24. The van der Waals surface area contributed by atoms with Crippen LogP contribution in [0.25, 0.3) is 0 Å². The van der Waals surface area contributed by atoms with Gasteiger partial charge >= 0.3 is 0 Å². The Balaban J connectivity index is -0.000000236. The molecule has 0 aromatic carbocycles. The number of allylic oxidation sites excluding steroid dienone is 6. The topological polar surface area (TPSA) is 0 Å². The van der Waals surface area contributed by atoms with E-state index in [1.54, 1.807) is 5.57 Å². The molecule has 0 aromatic rings. The maximum absolute atomic E-state index is 3.83. The third-order valence-corrected chi connectivity index (χ3v) is 4.86. The Morgan fingerprint density at radius 3 is 2.00 bits per heavy atom. The minimum atomic E-state index is 0.450. The largest absolute Gasteiger partial charge is 0.106 e. The van der Waals surface area contributed by atoms with E-state index in [1.807, 2.05) is 33.8 Å². The molecule has 1 unspecified atom stereocenters. The monoisotopic (exact) mass is 418 g/mol. The molecule has 1 saturated carbocycles. The second-order valence-corrected chi connectivity index (χ2v) is 8.38. The maximum Gasteiger partial charge on any atom is -0.0179 e. The summed E-state index contributed by atoms with van der Waals surface area (Å²) in [5.41, 5.74) is 3.33. The molecule has 1 aliphatic carbocycles. The van der Waals surface area contributed by atoms with Crippen molar-refractivity contribution in [1.82, 2.24) is 0 Å². The van der Waals surface area contributed by atoms with Gasteiger partial charge in [0.25, 0.3) is 0 Å². The number of hydrogen-bond donors (Lipinski definition) is 0. The second kappa shape index (κ2) is 25.7. The Kier molecular flexibility index (Phi) is 31.0. The molecule has 0 amide bonds. The molecule has 0 nitrogen and oxygen atoms in total. The van der Waals surface area contributed by atoms with Crippen molar-refractivity contribution in [2.45, 2.75) is 114 Å². The van der Waals surface area contributed by atoms with Crippen LogP contribution in [0.5, 0.6) is 0 Å². The third-order valence-electron chi connectivity index (χ3n) is 4.86. The van der Waals surface area contributed by atoms with Crippen LogP contribution in [-0.2, 0) is 0 Å². The molecular formula is C30H58. The van der Waals surface area contributed by atoms with Crippen LogP contribution in [-0.4, -0.2) is 0 Å². The van der Waals surface area contributed by atoms with Crippen LogP contribution in [0.15, 0.2) is 61.8 Å². The van der Waals surface area contributed by atoms with Gasteiger partial charge in [0.05, 0.1) is 0 Å². The van der Waals surface area contributed by atoms with Gasteiger partial charge in [-0.25, -0.2) is 0 Å². The first-order chi connectivity index (χ1) is 14.2. The molecule has 0 spiro atoms. The summed E-state index contributed by atoms with van der Waals surface area (Å²) in [6, 6.07) is 0. The molecule has 0 heterocycles. The van der Waals surface area contributed by atoms with Crippen LogP contribution < -0.4 is 0 Å². The van der Waals surface area contributed by atoms with Crippen LogP contribution in [0.3, 0.4) is 0 Å². The SMILES string of the molecule is C=C.C=C(C)CCC.C=C/C=C1\CCCC(C)(C)C(C=CC(C)C)CC1.CC.CC. The Hall–Kier alpha value is -1.30. The van der Waals surface area contributed by atoms with Gasteiger partial charge < -0.3 is 0 Å². The van der Waals surface area contributed by atoms with Gasteiger partial charge in [0.15, 0.2) is 0 Å². The van der Waals surface area contributed by atoms with E-state index in [0.29, 0.717) is 17.3 Å². The van der Waals surface area contributed by atoms with E-state index in [0.717, 1.165) is 0 Å². The average Bonchev–Trinajstić information content (AvgIpc) is 2.71. The molecule has 0 saturated heterocycles. The quantitative estimate of drug-likeness (QED) is 0.389. The van der Waals surface area contributed by atoms with E-state index in [9.17, 15) is 0 Å². The molecule has 0 N–H and O–H groups in total. The molecule has 0 heteroatoms.